The normalized spacial score (nSPS) is 53.2. The largest absolute Gasteiger partial charge is 0.432 e. The van der Waals surface area contributed by atoms with Crippen molar-refractivity contribution in [3.63, 3.8) is 0 Å². The zero-order valence-corrected chi connectivity index (χ0v) is 20.3. The topological polar surface area (TPSA) is 137 Å². The summed E-state index contributed by atoms with van der Waals surface area (Å²) in [4.78, 5) is 13.7. The third-order valence-electron chi connectivity index (χ3n) is 10.7. The van der Waals surface area contributed by atoms with E-state index in [0.717, 1.165) is 56.9 Å². The summed E-state index contributed by atoms with van der Waals surface area (Å²) in [6.07, 6.45) is 0.422. The number of hydrogen-bond donors (Lipinski definition) is 5. The molecule has 5 N–H and O–H groups in total. The van der Waals surface area contributed by atoms with Crippen LogP contribution in [0.15, 0.2) is 12.2 Å². The lowest BCUT2D eigenvalue weighted by atomic mass is 9.41. The van der Waals surface area contributed by atoms with Gasteiger partial charge in [-0.15, -0.1) is 0 Å². The Kier molecular flexibility index (Phi) is 6.77. The quantitative estimate of drug-likeness (QED) is 0.296. The van der Waals surface area contributed by atoms with Crippen LogP contribution >= 0.6 is 0 Å². The number of carbonyl (C=O) groups is 1. The average Bonchev–Trinajstić information content (AvgIpc) is 2.96. The second-order valence-corrected chi connectivity index (χ2v) is 12.4. The predicted molar refractivity (Wildman–Crippen MR) is 128 cm³/mol. The first kappa shape index (κ1) is 27.0. The molecule has 5 fully saturated rings. The molecule has 5 aliphatic rings. The molecule has 1 aliphatic heterocycles. The van der Waals surface area contributed by atoms with E-state index in [0.29, 0.717) is 12.3 Å². The third-order valence-corrected chi connectivity index (χ3v) is 10.7. The zero-order chi connectivity index (χ0) is 24.7. The number of hydrogen-bond acceptors (Lipinski definition) is 8. The minimum absolute atomic E-state index is 0. The fraction of sp³-hybridized carbons (Fsp3) is 0.889. The molecular formula is C27H44O8. The molecule has 0 radical (unpaired) electrons. The van der Waals surface area contributed by atoms with Gasteiger partial charge in [0.25, 0.3) is 0 Å². The Morgan fingerprint density at radius 1 is 1.06 bits per heavy atom. The average molecular weight is 497 g/mol. The van der Waals surface area contributed by atoms with Gasteiger partial charge in [0.2, 0.25) is 6.29 Å². The molecule has 5 rings (SSSR count). The van der Waals surface area contributed by atoms with Crippen LogP contribution in [0.3, 0.4) is 0 Å². The van der Waals surface area contributed by atoms with Crippen LogP contribution in [-0.4, -0.2) is 74.4 Å². The number of aliphatic hydroxyl groups is 5. The maximum absolute atomic E-state index is 13.7. The van der Waals surface area contributed by atoms with Gasteiger partial charge in [0, 0.05) is 0 Å². The molecule has 1 saturated heterocycles. The van der Waals surface area contributed by atoms with Crippen LogP contribution in [0.25, 0.3) is 0 Å². The Hall–Kier alpha value is -1.03. The van der Waals surface area contributed by atoms with Crippen molar-refractivity contribution in [2.45, 2.75) is 115 Å². The Balaban J connectivity index is 0.00000289. The van der Waals surface area contributed by atoms with E-state index < -0.39 is 54.3 Å². The van der Waals surface area contributed by atoms with Gasteiger partial charge in [-0.25, -0.2) is 0 Å². The monoisotopic (exact) mass is 496 g/mol. The first-order valence-corrected chi connectivity index (χ1v) is 12.8. The van der Waals surface area contributed by atoms with Gasteiger partial charge in [-0.3, -0.25) is 4.79 Å². The summed E-state index contributed by atoms with van der Waals surface area (Å²) in [6.45, 7) is 7.91. The molecule has 2 bridgehead atoms. The highest BCUT2D eigenvalue weighted by molar-refractivity contribution is 5.77. The van der Waals surface area contributed by atoms with Gasteiger partial charge in [0.15, 0.2) is 0 Å². The molecule has 4 saturated carbocycles. The molecule has 5 unspecified atom stereocenters. The van der Waals surface area contributed by atoms with Crippen LogP contribution in [0.1, 0.15) is 79.1 Å². The van der Waals surface area contributed by atoms with Crippen molar-refractivity contribution in [3.05, 3.63) is 12.2 Å². The van der Waals surface area contributed by atoms with Gasteiger partial charge < -0.3 is 35.0 Å². The fourth-order valence-electron chi connectivity index (χ4n) is 9.00. The first-order valence-electron chi connectivity index (χ1n) is 12.8. The third kappa shape index (κ3) is 3.74. The second kappa shape index (κ2) is 8.77. The van der Waals surface area contributed by atoms with Gasteiger partial charge >= 0.3 is 5.97 Å². The van der Waals surface area contributed by atoms with Crippen molar-refractivity contribution < 1.29 is 39.8 Å². The molecule has 200 valence electrons. The summed E-state index contributed by atoms with van der Waals surface area (Å²) in [5.41, 5.74) is -0.575. The molecule has 11 atom stereocenters. The van der Waals surface area contributed by atoms with E-state index >= 15 is 0 Å². The van der Waals surface area contributed by atoms with Crippen LogP contribution in [0, 0.1) is 28.1 Å². The van der Waals surface area contributed by atoms with Crippen LogP contribution < -0.4 is 0 Å². The Morgan fingerprint density at radius 3 is 2.43 bits per heavy atom. The fourth-order valence-corrected chi connectivity index (χ4v) is 9.00. The number of ether oxygens (including phenoxy) is 2. The standard InChI is InChI=1S/C26H40O8.CH4/c1-14-11-25-9-5-16-23(2,17(25)6-10-26(14,32)13-25)7-4-8-24(16,3)22(31)34-21-20(30)19(29)18(28)15(12-27)33-21;/h15-21,27-30,32H,1,4-13H2,2-3H3;1H4/t15?,16-,17-,18?,19?,20?,21?,23+,24+,25+,26-;/m0./s1. The number of carbonyl (C=O) groups excluding carboxylic acids is 1. The number of aliphatic hydroxyl groups excluding tert-OH is 4. The van der Waals surface area contributed by atoms with Crippen LogP contribution in [0.4, 0.5) is 0 Å². The molecule has 35 heavy (non-hydrogen) atoms. The van der Waals surface area contributed by atoms with Crippen LogP contribution in [0.2, 0.25) is 0 Å². The minimum atomic E-state index is -1.60. The van der Waals surface area contributed by atoms with E-state index in [9.17, 15) is 30.3 Å². The highest BCUT2D eigenvalue weighted by atomic mass is 16.7. The number of fused-ring (bicyclic) bond motifs is 3. The lowest BCUT2D eigenvalue weighted by molar-refractivity contribution is -0.298. The van der Waals surface area contributed by atoms with E-state index in [1.54, 1.807) is 0 Å². The van der Waals surface area contributed by atoms with Gasteiger partial charge in [-0.2, -0.15) is 0 Å². The lowest BCUT2D eigenvalue weighted by Gasteiger charge is -2.63. The molecule has 1 spiro atoms. The van der Waals surface area contributed by atoms with E-state index in [1.165, 1.54) is 0 Å². The van der Waals surface area contributed by atoms with Crippen molar-refractivity contribution in [1.82, 2.24) is 0 Å². The smallest absolute Gasteiger partial charge is 0.314 e. The van der Waals surface area contributed by atoms with Crippen LogP contribution in [0.5, 0.6) is 0 Å². The summed E-state index contributed by atoms with van der Waals surface area (Å²) in [6, 6.07) is 0. The van der Waals surface area contributed by atoms with E-state index in [1.807, 2.05) is 6.92 Å². The molecule has 0 aromatic heterocycles. The molecule has 0 aromatic rings. The van der Waals surface area contributed by atoms with Crippen molar-refractivity contribution in [3.8, 4) is 0 Å². The maximum atomic E-state index is 13.7. The van der Waals surface area contributed by atoms with E-state index in [2.05, 4.69) is 13.5 Å². The van der Waals surface area contributed by atoms with Gasteiger partial charge in [-0.1, -0.05) is 27.4 Å². The molecule has 0 aromatic carbocycles. The maximum Gasteiger partial charge on any atom is 0.314 e. The lowest BCUT2D eigenvalue weighted by Crippen LogP contribution is -2.62. The molecule has 1 heterocycles. The summed E-state index contributed by atoms with van der Waals surface area (Å²) >= 11 is 0. The first-order chi connectivity index (χ1) is 15.9. The second-order valence-electron chi connectivity index (χ2n) is 12.4. The van der Waals surface area contributed by atoms with Crippen molar-refractivity contribution in [2.75, 3.05) is 6.61 Å². The van der Waals surface area contributed by atoms with Crippen molar-refractivity contribution >= 4 is 5.97 Å². The SMILES string of the molecule is C.C=C1C[C@@]23CC[C@H]4[C@@](C)(CCC[C@@]4(C)C(=O)OC4OC(CO)C(O)C(O)C4O)[C@@H]2CC[C@]1(O)C3. The van der Waals surface area contributed by atoms with Crippen molar-refractivity contribution in [2.24, 2.45) is 28.1 Å². The van der Waals surface area contributed by atoms with E-state index in [-0.39, 0.29) is 24.2 Å². The van der Waals surface area contributed by atoms with Crippen molar-refractivity contribution in [1.29, 1.82) is 0 Å². The Bertz CT molecular complexity index is 860. The summed E-state index contributed by atoms with van der Waals surface area (Å²) < 4.78 is 11.1. The highest BCUT2D eigenvalue weighted by Crippen LogP contribution is 2.73. The van der Waals surface area contributed by atoms with Crippen LogP contribution in [-0.2, 0) is 14.3 Å². The molecular weight excluding hydrogens is 452 g/mol. The zero-order valence-electron chi connectivity index (χ0n) is 20.3. The van der Waals surface area contributed by atoms with E-state index in [4.69, 9.17) is 9.47 Å². The number of esters is 1. The molecule has 8 nitrogen and oxygen atoms in total. The predicted octanol–water partition coefficient (Wildman–Crippen LogP) is 2.05. The Labute approximate surface area is 208 Å². The summed E-state index contributed by atoms with van der Waals surface area (Å²) in [5.74, 6) is 0.0200. The van der Waals surface area contributed by atoms with Gasteiger partial charge in [0.1, 0.15) is 24.4 Å². The minimum Gasteiger partial charge on any atom is -0.432 e. The molecule has 0 amide bonds. The highest BCUT2D eigenvalue weighted by Gasteiger charge is 2.68. The Morgan fingerprint density at radius 2 is 1.74 bits per heavy atom. The summed E-state index contributed by atoms with van der Waals surface area (Å²) in [5, 5.41) is 51.1. The molecule has 4 aliphatic carbocycles. The molecule has 8 heteroatoms. The summed E-state index contributed by atoms with van der Waals surface area (Å²) in [7, 11) is 0. The van der Waals surface area contributed by atoms with Gasteiger partial charge in [-0.05, 0) is 86.5 Å². The number of rotatable bonds is 3. The van der Waals surface area contributed by atoms with Gasteiger partial charge in [0.05, 0.1) is 17.6 Å².